The van der Waals surface area contributed by atoms with Crippen molar-refractivity contribution in [2.24, 2.45) is 0 Å². The number of piperazine rings is 1. The maximum absolute atomic E-state index is 5.93. The van der Waals surface area contributed by atoms with Gasteiger partial charge in [-0.3, -0.25) is 4.90 Å². The summed E-state index contributed by atoms with van der Waals surface area (Å²) < 4.78 is 5.93. The molecular formula is C13H26N2O. The largest absolute Gasteiger partial charge is 0.374 e. The lowest BCUT2D eigenvalue weighted by atomic mass is 9.97. The minimum Gasteiger partial charge on any atom is -0.374 e. The van der Waals surface area contributed by atoms with Gasteiger partial charge in [0.15, 0.2) is 0 Å². The molecule has 0 aromatic carbocycles. The summed E-state index contributed by atoms with van der Waals surface area (Å²) in [6.45, 7) is 12.4. The summed E-state index contributed by atoms with van der Waals surface area (Å²) in [5, 5.41) is 3.55. The van der Waals surface area contributed by atoms with E-state index in [0.717, 1.165) is 19.6 Å². The van der Waals surface area contributed by atoms with Crippen molar-refractivity contribution in [1.82, 2.24) is 10.2 Å². The van der Waals surface area contributed by atoms with Gasteiger partial charge in [-0.2, -0.15) is 0 Å². The number of nitrogens with zero attached hydrogens (tertiary/aromatic N) is 1. The minimum absolute atomic E-state index is 0.266. The molecule has 0 radical (unpaired) electrons. The predicted octanol–water partition coefficient (Wildman–Crippen LogP) is 1.63. The number of rotatable bonds is 2. The van der Waals surface area contributed by atoms with E-state index < -0.39 is 0 Å². The second-order valence-corrected chi connectivity index (χ2v) is 6.15. The maximum Gasteiger partial charge on any atom is 0.0706 e. The van der Waals surface area contributed by atoms with E-state index in [1.165, 1.54) is 12.8 Å². The van der Waals surface area contributed by atoms with Crippen LogP contribution in [-0.4, -0.2) is 48.3 Å². The molecule has 0 amide bonds. The van der Waals surface area contributed by atoms with Gasteiger partial charge in [0.25, 0.3) is 0 Å². The average Bonchev–Trinajstić information content (AvgIpc) is 2.59. The molecule has 3 unspecified atom stereocenters. The van der Waals surface area contributed by atoms with Crippen LogP contribution < -0.4 is 5.32 Å². The number of hydrogen-bond acceptors (Lipinski definition) is 3. The average molecular weight is 226 g/mol. The van der Waals surface area contributed by atoms with E-state index >= 15 is 0 Å². The highest BCUT2D eigenvalue weighted by atomic mass is 16.5. The van der Waals surface area contributed by atoms with E-state index in [1.54, 1.807) is 0 Å². The van der Waals surface area contributed by atoms with Crippen molar-refractivity contribution in [3.8, 4) is 0 Å². The summed E-state index contributed by atoms with van der Waals surface area (Å²) in [6.07, 6.45) is 3.38. The third kappa shape index (κ3) is 2.76. The molecule has 0 aliphatic carbocycles. The second kappa shape index (κ2) is 4.63. The molecule has 3 atom stereocenters. The van der Waals surface area contributed by atoms with Gasteiger partial charge in [0, 0.05) is 31.2 Å². The quantitative estimate of drug-likeness (QED) is 0.774. The first-order chi connectivity index (χ1) is 7.47. The molecule has 2 aliphatic heterocycles. The fourth-order valence-corrected chi connectivity index (χ4v) is 2.77. The molecule has 0 aromatic rings. The summed E-state index contributed by atoms with van der Waals surface area (Å²) in [6, 6.07) is 0.604. The monoisotopic (exact) mass is 226 g/mol. The highest BCUT2D eigenvalue weighted by Gasteiger charge is 2.35. The van der Waals surface area contributed by atoms with E-state index in [9.17, 15) is 0 Å². The van der Waals surface area contributed by atoms with Crippen LogP contribution in [0.3, 0.4) is 0 Å². The lowest BCUT2D eigenvalue weighted by Gasteiger charge is -2.46. The fourth-order valence-electron chi connectivity index (χ4n) is 2.77. The number of ether oxygens (including phenoxy) is 1. The van der Waals surface area contributed by atoms with Crippen LogP contribution in [0.15, 0.2) is 0 Å². The number of hydrogen-bond donors (Lipinski definition) is 1. The molecule has 0 saturated carbocycles. The summed E-state index contributed by atoms with van der Waals surface area (Å²) in [4.78, 5) is 2.59. The van der Waals surface area contributed by atoms with Gasteiger partial charge in [0.1, 0.15) is 0 Å². The minimum atomic E-state index is 0.266. The molecule has 2 heterocycles. The molecule has 3 nitrogen and oxygen atoms in total. The SMILES string of the molecule is CC1CN(CC2CCC(C)O2)C(C)(C)CN1. The Morgan fingerprint density at radius 3 is 2.69 bits per heavy atom. The highest BCUT2D eigenvalue weighted by Crippen LogP contribution is 2.24. The molecule has 2 fully saturated rings. The zero-order chi connectivity index (χ0) is 11.8. The van der Waals surface area contributed by atoms with Crippen LogP contribution in [0.2, 0.25) is 0 Å². The van der Waals surface area contributed by atoms with E-state index in [0.29, 0.717) is 18.2 Å². The molecule has 0 bridgehead atoms. The Hall–Kier alpha value is -0.120. The van der Waals surface area contributed by atoms with Gasteiger partial charge < -0.3 is 10.1 Å². The molecular weight excluding hydrogens is 200 g/mol. The van der Waals surface area contributed by atoms with Gasteiger partial charge in [-0.15, -0.1) is 0 Å². The standard InChI is InChI=1S/C13H26N2O/c1-10-7-15(13(3,4)9-14-10)8-12-6-5-11(2)16-12/h10-12,14H,5-9H2,1-4H3. The highest BCUT2D eigenvalue weighted by molar-refractivity contribution is 4.93. The van der Waals surface area contributed by atoms with Crippen molar-refractivity contribution in [3.05, 3.63) is 0 Å². The van der Waals surface area contributed by atoms with Gasteiger partial charge in [-0.05, 0) is 40.5 Å². The lowest BCUT2D eigenvalue weighted by Crippen LogP contribution is -2.62. The smallest absolute Gasteiger partial charge is 0.0706 e. The van der Waals surface area contributed by atoms with Crippen molar-refractivity contribution < 1.29 is 4.74 Å². The fraction of sp³-hybridized carbons (Fsp3) is 1.00. The Balaban J connectivity index is 1.91. The molecule has 1 N–H and O–H groups in total. The first kappa shape index (κ1) is 12.3. The van der Waals surface area contributed by atoms with Gasteiger partial charge in [0.2, 0.25) is 0 Å². The van der Waals surface area contributed by atoms with Crippen molar-refractivity contribution in [2.45, 2.75) is 64.3 Å². The summed E-state index contributed by atoms with van der Waals surface area (Å²) in [5.74, 6) is 0. The topological polar surface area (TPSA) is 24.5 Å². The summed E-state index contributed by atoms with van der Waals surface area (Å²) in [7, 11) is 0. The Morgan fingerprint density at radius 1 is 1.31 bits per heavy atom. The van der Waals surface area contributed by atoms with Crippen LogP contribution in [-0.2, 0) is 4.74 Å². The normalized spacial score (nSPS) is 40.1. The van der Waals surface area contributed by atoms with Crippen molar-refractivity contribution in [3.63, 3.8) is 0 Å². The van der Waals surface area contributed by atoms with E-state index in [1.807, 2.05) is 0 Å². The first-order valence-electron chi connectivity index (χ1n) is 6.61. The van der Waals surface area contributed by atoms with Crippen molar-refractivity contribution >= 4 is 0 Å². The Bertz CT molecular complexity index is 242. The van der Waals surface area contributed by atoms with Crippen LogP contribution in [0, 0.1) is 0 Å². The van der Waals surface area contributed by atoms with Crippen LogP contribution in [0.25, 0.3) is 0 Å². The Labute approximate surface area is 99.5 Å². The summed E-state index contributed by atoms with van der Waals surface area (Å²) in [5.41, 5.74) is 0.266. The van der Waals surface area contributed by atoms with Crippen molar-refractivity contribution in [2.75, 3.05) is 19.6 Å². The summed E-state index contributed by atoms with van der Waals surface area (Å²) >= 11 is 0. The maximum atomic E-state index is 5.93. The van der Waals surface area contributed by atoms with Crippen molar-refractivity contribution in [1.29, 1.82) is 0 Å². The van der Waals surface area contributed by atoms with Gasteiger partial charge in [-0.1, -0.05) is 0 Å². The number of nitrogens with one attached hydrogen (secondary N) is 1. The first-order valence-corrected chi connectivity index (χ1v) is 6.61. The van der Waals surface area contributed by atoms with Crippen LogP contribution in [0.5, 0.6) is 0 Å². The van der Waals surface area contributed by atoms with Gasteiger partial charge >= 0.3 is 0 Å². The molecule has 94 valence electrons. The van der Waals surface area contributed by atoms with Gasteiger partial charge in [0.05, 0.1) is 12.2 Å². The van der Waals surface area contributed by atoms with Crippen LogP contribution >= 0.6 is 0 Å². The third-order valence-corrected chi connectivity index (χ3v) is 3.98. The molecule has 2 aliphatic rings. The third-order valence-electron chi connectivity index (χ3n) is 3.98. The Morgan fingerprint density at radius 2 is 2.06 bits per heavy atom. The predicted molar refractivity (Wildman–Crippen MR) is 66.7 cm³/mol. The molecule has 0 aromatic heterocycles. The molecule has 16 heavy (non-hydrogen) atoms. The zero-order valence-electron chi connectivity index (χ0n) is 11.1. The molecule has 3 heteroatoms. The van der Waals surface area contributed by atoms with E-state index in [2.05, 4.69) is 37.9 Å². The van der Waals surface area contributed by atoms with Crippen LogP contribution in [0.1, 0.15) is 40.5 Å². The van der Waals surface area contributed by atoms with E-state index in [-0.39, 0.29) is 5.54 Å². The van der Waals surface area contributed by atoms with Gasteiger partial charge in [-0.25, -0.2) is 0 Å². The molecule has 0 spiro atoms. The lowest BCUT2D eigenvalue weighted by molar-refractivity contribution is -0.00977. The Kier molecular flexibility index (Phi) is 3.57. The van der Waals surface area contributed by atoms with E-state index in [4.69, 9.17) is 4.74 Å². The second-order valence-electron chi connectivity index (χ2n) is 6.15. The van der Waals surface area contributed by atoms with Crippen LogP contribution in [0.4, 0.5) is 0 Å². The zero-order valence-corrected chi connectivity index (χ0v) is 11.1. The molecule has 2 rings (SSSR count). The molecule has 2 saturated heterocycles.